The summed E-state index contributed by atoms with van der Waals surface area (Å²) in [5.74, 6) is 0.590. The van der Waals surface area contributed by atoms with Gasteiger partial charge in [0.1, 0.15) is 0 Å². The molecule has 0 bridgehead atoms. The highest BCUT2D eigenvalue weighted by Crippen LogP contribution is 2.10. The van der Waals surface area contributed by atoms with Crippen LogP contribution in [0.4, 0.5) is 0 Å². The largest absolute Gasteiger partial charge is 0.377 e. The zero-order valence-electron chi connectivity index (χ0n) is 6.55. The van der Waals surface area contributed by atoms with Crippen molar-refractivity contribution < 1.29 is 4.74 Å². The molecule has 0 rings (SSSR count). The molecule has 2 atom stereocenters. The number of hydrogen-bond acceptors (Lipinski definition) is 1. The highest BCUT2D eigenvalue weighted by molar-refractivity contribution is 4.82. The van der Waals surface area contributed by atoms with Crippen molar-refractivity contribution in [2.45, 2.75) is 26.4 Å². The first-order valence-electron chi connectivity index (χ1n) is 3.41. The predicted octanol–water partition coefficient (Wildman–Crippen LogP) is 2.23. The number of ether oxygens (including phenoxy) is 1. The second-order valence-electron chi connectivity index (χ2n) is 2.32. The van der Waals surface area contributed by atoms with Crippen LogP contribution < -0.4 is 0 Å². The first-order chi connectivity index (χ1) is 4.26. The summed E-state index contributed by atoms with van der Waals surface area (Å²) < 4.78 is 5.13. The van der Waals surface area contributed by atoms with E-state index in [2.05, 4.69) is 20.4 Å². The second kappa shape index (κ2) is 4.57. The maximum Gasteiger partial charge on any atom is 0.0774 e. The van der Waals surface area contributed by atoms with Crippen LogP contribution in [-0.4, -0.2) is 13.2 Å². The van der Waals surface area contributed by atoms with Crippen molar-refractivity contribution >= 4 is 0 Å². The van der Waals surface area contributed by atoms with Gasteiger partial charge in [0.25, 0.3) is 0 Å². The van der Waals surface area contributed by atoms with Crippen molar-refractivity contribution in [2.75, 3.05) is 7.11 Å². The smallest absolute Gasteiger partial charge is 0.0774 e. The van der Waals surface area contributed by atoms with Gasteiger partial charge >= 0.3 is 0 Å². The van der Waals surface area contributed by atoms with Crippen molar-refractivity contribution in [2.24, 2.45) is 5.92 Å². The van der Waals surface area contributed by atoms with Crippen LogP contribution in [0.3, 0.4) is 0 Å². The molecule has 0 aromatic carbocycles. The summed E-state index contributed by atoms with van der Waals surface area (Å²) in [4.78, 5) is 0. The summed E-state index contributed by atoms with van der Waals surface area (Å²) in [5, 5.41) is 0. The molecule has 0 aliphatic carbocycles. The van der Waals surface area contributed by atoms with E-state index in [1.165, 1.54) is 0 Å². The van der Waals surface area contributed by atoms with E-state index < -0.39 is 0 Å². The van der Waals surface area contributed by atoms with Gasteiger partial charge in [-0.3, -0.25) is 0 Å². The van der Waals surface area contributed by atoms with E-state index in [4.69, 9.17) is 4.74 Å². The molecule has 9 heavy (non-hydrogen) atoms. The molecule has 0 aliphatic heterocycles. The monoisotopic (exact) mass is 128 g/mol. The Morgan fingerprint density at radius 2 is 2.22 bits per heavy atom. The van der Waals surface area contributed by atoms with Gasteiger partial charge in [0.05, 0.1) is 6.10 Å². The molecule has 0 aromatic heterocycles. The third-order valence-electron chi connectivity index (χ3n) is 1.71. The van der Waals surface area contributed by atoms with Gasteiger partial charge in [-0.05, 0) is 5.92 Å². The zero-order valence-corrected chi connectivity index (χ0v) is 6.55. The van der Waals surface area contributed by atoms with Gasteiger partial charge < -0.3 is 4.74 Å². The van der Waals surface area contributed by atoms with E-state index in [0.29, 0.717) is 5.92 Å². The molecule has 1 nitrogen and oxygen atoms in total. The molecule has 0 radical (unpaired) electrons. The number of hydrogen-bond donors (Lipinski definition) is 0. The SMILES string of the molecule is C=C[C@H](OC)[C@@H](C)CC. The van der Waals surface area contributed by atoms with Crippen LogP contribution in [-0.2, 0) is 4.74 Å². The van der Waals surface area contributed by atoms with E-state index in [-0.39, 0.29) is 6.10 Å². The lowest BCUT2D eigenvalue weighted by Gasteiger charge is -2.16. The molecule has 0 aliphatic rings. The van der Waals surface area contributed by atoms with Crippen molar-refractivity contribution in [3.63, 3.8) is 0 Å². The summed E-state index contributed by atoms with van der Waals surface area (Å²) in [6, 6.07) is 0. The maximum absolute atomic E-state index is 5.13. The minimum absolute atomic E-state index is 0.231. The highest BCUT2D eigenvalue weighted by atomic mass is 16.5. The van der Waals surface area contributed by atoms with Crippen LogP contribution in [0.15, 0.2) is 12.7 Å². The Bertz CT molecular complexity index is 78.6. The van der Waals surface area contributed by atoms with Crippen molar-refractivity contribution in [3.05, 3.63) is 12.7 Å². The molecule has 0 fully saturated rings. The molecule has 54 valence electrons. The molecule has 0 spiro atoms. The van der Waals surface area contributed by atoms with Gasteiger partial charge in [-0.25, -0.2) is 0 Å². The Labute approximate surface area is 57.7 Å². The van der Waals surface area contributed by atoms with E-state index >= 15 is 0 Å². The molecule has 0 unspecified atom stereocenters. The number of methoxy groups -OCH3 is 1. The molecule has 0 amide bonds. The summed E-state index contributed by atoms with van der Waals surface area (Å²) in [6.45, 7) is 7.99. The highest BCUT2D eigenvalue weighted by Gasteiger charge is 2.08. The third-order valence-corrected chi connectivity index (χ3v) is 1.71. The quantitative estimate of drug-likeness (QED) is 0.527. The lowest BCUT2D eigenvalue weighted by Crippen LogP contribution is -2.16. The third kappa shape index (κ3) is 2.66. The molecule has 0 saturated heterocycles. The van der Waals surface area contributed by atoms with E-state index in [1.54, 1.807) is 7.11 Å². The van der Waals surface area contributed by atoms with Crippen molar-refractivity contribution in [3.8, 4) is 0 Å². The van der Waals surface area contributed by atoms with Crippen LogP contribution >= 0.6 is 0 Å². The molecular formula is C8H16O. The number of rotatable bonds is 4. The maximum atomic E-state index is 5.13. The Morgan fingerprint density at radius 1 is 1.67 bits per heavy atom. The van der Waals surface area contributed by atoms with Gasteiger partial charge in [0.15, 0.2) is 0 Å². The summed E-state index contributed by atoms with van der Waals surface area (Å²) in [7, 11) is 1.72. The average molecular weight is 128 g/mol. The minimum atomic E-state index is 0.231. The topological polar surface area (TPSA) is 9.23 Å². The molecule has 0 N–H and O–H groups in total. The zero-order chi connectivity index (χ0) is 7.28. The van der Waals surface area contributed by atoms with Crippen LogP contribution in [0.25, 0.3) is 0 Å². The summed E-state index contributed by atoms with van der Waals surface area (Å²) in [6.07, 6.45) is 3.23. The Balaban J connectivity index is 3.63. The van der Waals surface area contributed by atoms with Crippen LogP contribution in [0.1, 0.15) is 20.3 Å². The fraction of sp³-hybridized carbons (Fsp3) is 0.750. The van der Waals surface area contributed by atoms with Crippen LogP contribution in [0, 0.1) is 5.92 Å². The van der Waals surface area contributed by atoms with Crippen molar-refractivity contribution in [1.29, 1.82) is 0 Å². The van der Waals surface area contributed by atoms with Gasteiger partial charge in [0, 0.05) is 7.11 Å². The Kier molecular flexibility index (Phi) is 4.41. The average Bonchev–Trinajstić information content (AvgIpc) is 1.90. The van der Waals surface area contributed by atoms with E-state index in [9.17, 15) is 0 Å². The van der Waals surface area contributed by atoms with Gasteiger partial charge in [-0.1, -0.05) is 26.3 Å². The molecule has 0 aromatic rings. The molecule has 0 heterocycles. The molecule has 1 heteroatoms. The predicted molar refractivity (Wildman–Crippen MR) is 40.4 cm³/mol. The minimum Gasteiger partial charge on any atom is -0.377 e. The first kappa shape index (κ1) is 8.70. The van der Waals surface area contributed by atoms with Crippen LogP contribution in [0.2, 0.25) is 0 Å². The summed E-state index contributed by atoms with van der Waals surface area (Å²) >= 11 is 0. The Hall–Kier alpha value is -0.300. The molecule has 0 saturated carbocycles. The van der Waals surface area contributed by atoms with E-state index in [1.807, 2.05) is 6.08 Å². The van der Waals surface area contributed by atoms with Crippen molar-refractivity contribution in [1.82, 2.24) is 0 Å². The summed E-state index contributed by atoms with van der Waals surface area (Å²) in [5.41, 5.74) is 0. The van der Waals surface area contributed by atoms with E-state index in [0.717, 1.165) is 6.42 Å². The lowest BCUT2D eigenvalue weighted by molar-refractivity contribution is 0.0952. The van der Waals surface area contributed by atoms with Gasteiger partial charge in [-0.15, -0.1) is 6.58 Å². The Morgan fingerprint density at radius 3 is 2.33 bits per heavy atom. The second-order valence-corrected chi connectivity index (χ2v) is 2.32. The van der Waals surface area contributed by atoms with Crippen LogP contribution in [0.5, 0.6) is 0 Å². The van der Waals surface area contributed by atoms with Gasteiger partial charge in [0.2, 0.25) is 0 Å². The first-order valence-corrected chi connectivity index (χ1v) is 3.41. The standard InChI is InChI=1S/C8H16O/c1-5-7(3)8(6-2)9-4/h6-8H,2,5H2,1,3-4H3/t7-,8-/m0/s1. The fourth-order valence-corrected chi connectivity index (χ4v) is 0.793. The molecular weight excluding hydrogens is 112 g/mol. The normalized spacial score (nSPS) is 16.8. The van der Waals surface area contributed by atoms with Gasteiger partial charge in [-0.2, -0.15) is 0 Å². The fourth-order valence-electron chi connectivity index (χ4n) is 0.793. The lowest BCUT2D eigenvalue weighted by atomic mass is 10.0.